The van der Waals surface area contributed by atoms with E-state index < -0.39 is 18.5 Å². The summed E-state index contributed by atoms with van der Waals surface area (Å²) in [5.74, 6) is -0.244. The Balaban J connectivity index is 1.59. The fraction of sp³-hybridized carbons (Fsp3) is 0.412. The Hall–Kier alpha value is -2.13. The van der Waals surface area contributed by atoms with Crippen LogP contribution in [0.2, 0.25) is 0 Å². The SMILES string of the molecule is CCc1ccc(OCC(=O)OCC(=O)NCCN2C(=O)CSC2=S)cc1. The molecule has 1 N–H and O–H groups in total. The van der Waals surface area contributed by atoms with Gasteiger partial charge in [-0.15, -0.1) is 0 Å². The summed E-state index contributed by atoms with van der Waals surface area (Å²) in [6, 6.07) is 7.40. The molecule has 0 spiro atoms. The molecule has 1 saturated heterocycles. The topological polar surface area (TPSA) is 84.9 Å². The van der Waals surface area contributed by atoms with E-state index >= 15 is 0 Å². The van der Waals surface area contributed by atoms with E-state index in [0.717, 1.165) is 6.42 Å². The molecule has 0 atom stereocenters. The van der Waals surface area contributed by atoms with Crippen LogP contribution in [0.1, 0.15) is 12.5 Å². The molecule has 26 heavy (non-hydrogen) atoms. The molecule has 1 aliphatic heterocycles. The highest BCUT2D eigenvalue weighted by molar-refractivity contribution is 8.23. The molecule has 0 aromatic heterocycles. The van der Waals surface area contributed by atoms with Gasteiger partial charge in [0.2, 0.25) is 5.91 Å². The largest absolute Gasteiger partial charge is 0.482 e. The second-order valence-corrected chi connectivity index (χ2v) is 7.01. The van der Waals surface area contributed by atoms with Gasteiger partial charge >= 0.3 is 5.97 Å². The Labute approximate surface area is 161 Å². The first-order valence-corrected chi connectivity index (χ1v) is 9.50. The number of esters is 1. The third-order valence-electron chi connectivity index (χ3n) is 3.55. The van der Waals surface area contributed by atoms with Crippen LogP contribution in [0.15, 0.2) is 24.3 Å². The Kier molecular flexibility index (Phi) is 7.86. The number of ether oxygens (including phenoxy) is 2. The molecule has 0 unspecified atom stereocenters. The predicted molar refractivity (Wildman–Crippen MR) is 102 cm³/mol. The van der Waals surface area contributed by atoms with E-state index in [1.165, 1.54) is 22.2 Å². The highest BCUT2D eigenvalue weighted by Crippen LogP contribution is 2.18. The van der Waals surface area contributed by atoms with Gasteiger partial charge in [0.15, 0.2) is 13.2 Å². The van der Waals surface area contributed by atoms with Gasteiger partial charge in [-0.05, 0) is 24.1 Å². The third-order valence-corrected chi connectivity index (χ3v) is 4.98. The summed E-state index contributed by atoms with van der Waals surface area (Å²) >= 11 is 6.34. The third kappa shape index (κ3) is 6.30. The molecule has 7 nitrogen and oxygen atoms in total. The summed E-state index contributed by atoms with van der Waals surface area (Å²) in [6.45, 7) is 1.93. The summed E-state index contributed by atoms with van der Waals surface area (Å²) in [5, 5.41) is 2.57. The second kappa shape index (κ2) is 10.1. The van der Waals surface area contributed by atoms with Crippen LogP contribution < -0.4 is 10.1 Å². The molecule has 1 aromatic rings. The number of hydrogen-bond donors (Lipinski definition) is 1. The molecule has 1 fully saturated rings. The molecule has 140 valence electrons. The smallest absolute Gasteiger partial charge is 0.344 e. The summed E-state index contributed by atoms with van der Waals surface area (Å²) in [6.07, 6.45) is 0.925. The van der Waals surface area contributed by atoms with Crippen LogP contribution >= 0.6 is 24.0 Å². The van der Waals surface area contributed by atoms with Crippen molar-refractivity contribution in [3.63, 3.8) is 0 Å². The molecule has 1 heterocycles. The fourth-order valence-corrected chi connectivity index (χ4v) is 3.23. The normalized spacial score (nSPS) is 13.7. The number of carbonyl (C=O) groups excluding carboxylic acids is 3. The van der Waals surface area contributed by atoms with Gasteiger partial charge in [0, 0.05) is 13.1 Å². The second-order valence-electron chi connectivity index (χ2n) is 5.40. The van der Waals surface area contributed by atoms with Crippen LogP contribution in [-0.2, 0) is 25.5 Å². The quantitative estimate of drug-likeness (QED) is 0.495. The van der Waals surface area contributed by atoms with Crippen molar-refractivity contribution in [3.05, 3.63) is 29.8 Å². The lowest BCUT2D eigenvalue weighted by atomic mass is 10.2. The van der Waals surface area contributed by atoms with Crippen LogP contribution in [-0.4, -0.2) is 59.1 Å². The number of thioether (sulfide) groups is 1. The minimum Gasteiger partial charge on any atom is -0.482 e. The average Bonchev–Trinajstić information content (AvgIpc) is 2.97. The van der Waals surface area contributed by atoms with Crippen LogP contribution in [0.5, 0.6) is 5.75 Å². The zero-order valence-electron chi connectivity index (χ0n) is 14.4. The van der Waals surface area contributed by atoms with Crippen LogP contribution in [0.25, 0.3) is 0 Å². The van der Waals surface area contributed by atoms with E-state index in [-0.39, 0.29) is 19.1 Å². The predicted octanol–water partition coefficient (Wildman–Crippen LogP) is 1.15. The number of benzene rings is 1. The first-order valence-electron chi connectivity index (χ1n) is 8.10. The van der Waals surface area contributed by atoms with Crippen molar-refractivity contribution >= 4 is 46.1 Å². The maximum absolute atomic E-state index is 11.7. The van der Waals surface area contributed by atoms with Gasteiger partial charge < -0.3 is 14.8 Å². The Morgan fingerprint density at radius 1 is 1.27 bits per heavy atom. The summed E-state index contributed by atoms with van der Waals surface area (Å²) < 4.78 is 10.7. The molecule has 2 amide bonds. The molecule has 9 heteroatoms. The van der Waals surface area contributed by atoms with Gasteiger partial charge in [-0.3, -0.25) is 14.5 Å². The molecule has 0 radical (unpaired) electrons. The number of aryl methyl sites for hydroxylation is 1. The monoisotopic (exact) mass is 396 g/mol. The van der Waals surface area contributed by atoms with Gasteiger partial charge in [-0.1, -0.05) is 43.0 Å². The standard InChI is InChI=1S/C17H20N2O5S2/c1-2-12-3-5-13(6-4-12)23-10-16(22)24-9-14(20)18-7-8-19-15(21)11-26-17(19)25/h3-6H,2,7-11H2,1H3,(H,18,20). The van der Waals surface area contributed by atoms with Gasteiger partial charge in [-0.25, -0.2) is 4.79 Å². The molecule has 0 aliphatic carbocycles. The lowest BCUT2D eigenvalue weighted by molar-refractivity contribution is -0.150. The minimum atomic E-state index is -0.632. The average molecular weight is 396 g/mol. The fourth-order valence-electron chi connectivity index (χ4n) is 2.11. The molecule has 0 bridgehead atoms. The Bertz CT molecular complexity index is 662. The van der Waals surface area contributed by atoms with E-state index in [1.54, 1.807) is 12.1 Å². The van der Waals surface area contributed by atoms with Crippen molar-refractivity contribution in [3.8, 4) is 5.75 Å². The van der Waals surface area contributed by atoms with E-state index in [0.29, 0.717) is 22.4 Å². The lowest BCUT2D eigenvalue weighted by Gasteiger charge is -2.15. The maximum atomic E-state index is 11.7. The number of rotatable bonds is 9. The van der Waals surface area contributed by atoms with Gasteiger partial charge in [-0.2, -0.15) is 0 Å². The lowest BCUT2D eigenvalue weighted by Crippen LogP contribution is -2.38. The van der Waals surface area contributed by atoms with E-state index in [9.17, 15) is 14.4 Å². The van der Waals surface area contributed by atoms with Gasteiger partial charge in [0.1, 0.15) is 10.1 Å². The molecular formula is C17H20N2O5S2. The summed E-state index contributed by atoms with van der Waals surface area (Å²) in [4.78, 5) is 36.2. The van der Waals surface area contributed by atoms with Crippen molar-refractivity contribution in [2.45, 2.75) is 13.3 Å². The first-order chi connectivity index (χ1) is 12.5. The van der Waals surface area contributed by atoms with Crippen molar-refractivity contribution in [1.29, 1.82) is 0 Å². The highest BCUT2D eigenvalue weighted by atomic mass is 32.2. The number of thiocarbonyl (C=S) groups is 1. The number of amides is 2. The highest BCUT2D eigenvalue weighted by Gasteiger charge is 2.25. The number of nitrogens with zero attached hydrogens (tertiary/aromatic N) is 1. The van der Waals surface area contributed by atoms with E-state index in [4.69, 9.17) is 21.7 Å². The Morgan fingerprint density at radius 2 is 2.00 bits per heavy atom. The number of nitrogens with one attached hydrogen (secondary N) is 1. The van der Waals surface area contributed by atoms with Crippen LogP contribution in [0, 0.1) is 0 Å². The van der Waals surface area contributed by atoms with Crippen molar-refractivity contribution in [2.75, 3.05) is 32.1 Å². The molecule has 2 rings (SSSR count). The number of carbonyl (C=O) groups is 3. The van der Waals surface area contributed by atoms with Crippen LogP contribution in [0.4, 0.5) is 0 Å². The van der Waals surface area contributed by atoms with Gasteiger partial charge in [0.25, 0.3) is 5.91 Å². The maximum Gasteiger partial charge on any atom is 0.344 e. The molecule has 1 aliphatic rings. The van der Waals surface area contributed by atoms with Gasteiger partial charge in [0.05, 0.1) is 5.75 Å². The first kappa shape index (κ1) is 20.2. The van der Waals surface area contributed by atoms with Crippen molar-refractivity contribution < 1.29 is 23.9 Å². The summed E-state index contributed by atoms with van der Waals surface area (Å²) in [7, 11) is 0. The van der Waals surface area contributed by atoms with Crippen molar-refractivity contribution in [2.24, 2.45) is 0 Å². The van der Waals surface area contributed by atoms with E-state index in [1.807, 2.05) is 12.1 Å². The minimum absolute atomic E-state index is 0.0650. The molecule has 1 aromatic carbocycles. The summed E-state index contributed by atoms with van der Waals surface area (Å²) in [5.41, 5.74) is 1.17. The zero-order chi connectivity index (χ0) is 18.9. The Morgan fingerprint density at radius 3 is 2.62 bits per heavy atom. The zero-order valence-corrected chi connectivity index (χ0v) is 16.0. The van der Waals surface area contributed by atoms with Crippen LogP contribution in [0.3, 0.4) is 0 Å². The van der Waals surface area contributed by atoms with Crippen molar-refractivity contribution in [1.82, 2.24) is 10.2 Å². The number of hydrogen-bond acceptors (Lipinski definition) is 7. The molecule has 0 saturated carbocycles. The van der Waals surface area contributed by atoms with E-state index in [2.05, 4.69) is 12.2 Å². The molecular weight excluding hydrogens is 376 g/mol.